The number of carboxylic acids is 1. The Balaban J connectivity index is 0. The molecule has 3 nitrogen and oxygen atoms in total. The number of hydrogen-bond donors (Lipinski definition) is 1. The molecule has 0 amide bonds. The van der Waals surface area contributed by atoms with Crippen molar-refractivity contribution in [2.24, 2.45) is 0 Å². The van der Waals surface area contributed by atoms with E-state index in [9.17, 15) is 4.79 Å². The molecule has 5 heteroatoms. The van der Waals surface area contributed by atoms with Crippen LogP contribution in [-0.2, 0) is 9.53 Å². The standard InChI is InChI=1S/C6H10O3.2Na/c7-6(8)5-3-1-2-4-9-5;;/h5H,1-4H2,(H,7,8);;. The number of aliphatic carboxylic acids is 1. The maximum absolute atomic E-state index is 10.2. The van der Waals surface area contributed by atoms with E-state index in [1.54, 1.807) is 0 Å². The predicted molar refractivity (Wildman–Crippen MR) is 42.7 cm³/mol. The minimum atomic E-state index is -0.824. The molecule has 1 rings (SSSR count). The quantitative estimate of drug-likeness (QED) is 0.566. The molecule has 0 aromatic carbocycles. The van der Waals surface area contributed by atoms with Gasteiger partial charge < -0.3 is 9.84 Å². The van der Waals surface area contributed by atoms with Crippen molar-refractivity contribution in [1.29, 1.82) is 0 Å². The molecule has 1 aliphatic heterocycles. The summed E-state index contributed by atoms with van der Waals surface area (Å²) in [4.78, 5) is 10.2. The summed E-state index contributed by atoms with van der Waals surface area (Å²) >= 11 is 0. The summed E-state index contributed by atoms with van der Waals surface area (Å²) in [5.41, 5.74) is 0. The Morgan fingerprint density at radius 1 is 1.36 bits per heavy atom. The van der Waals surface area contributed by atoms with E-state index in [-0.39, 0.29) is 59.1 Å². The van der Waals surface area contributed by atoms with Gasteiger partial charge in [-0.1, -0.05) is 0 Å². The van der Waals surface area contributed by atoms with Gasteiger partial charge >= 0.3 is 5.97 Å². The molecule has 2 radical (unpaired) electrons. The summed E-state index contributed by atoms with van der Waals surface area (Å²) in [6.07, 6.45) is 2.13. The Hall–Kier alpha value is 1.43. The van der Waals surface area contributed by atoms with Crippen LogP contribution in [0.4, 0.5) is 0 Å². The van der Waals surface area contributed by atoms with E-state index in [4.69, 9.17) is 9.84 Å². The van der Waals surface area contributed by atoms with Crippen LogP contribution in [0.2, 0.25) is 0 Å². The van der Waals surface area contributed by atoms with Gasteiger partial charge in [-0.2, -0.15) is 0 Å². The molecule has 0 spiro atoms. The Kier molecular flexibility index (Phi) is 10.9. The second-order valence-corrected chi connectivity index (χ2v) is 2.19. The molecule has 1 heterocycles. The van der Waals surface area contributed by atoms with Crippen LogP contribution < -0.4 is 0 Å². The summed E-state index contributed by atoms with van der Waals surface area (Å²) in [6.45, 7) is 0.608. The van der Waals surface area contributed by atoms with Gasteiger partial charge in [0.15, 0.2) is 6.10 Å². The maximum Gasteiger partial charge on any atom is 0.332 e. The van der Waals surface area contributed by atoms with Gasteiger partial charge in [0.05, 0.1) is 0 Å². The third-order valence-corrected chi connectivity index (χ3v) is 1.46. The molecule has 1 atom stereocenters. The summed E-state index contributed by atoms with van der Waals surface area (Å²) in [7, 11) is 0. The van der Waals surface area contributed by atoms with Crippen molar-refractivity contribution >= 4 is 65.1 Å². The third kappa shape index (κ3) is 5.64. The molecule has 0 aromatic rings. The van der Waals surface area contributed by atoms with Crippen LogP contribution in [0.5, 0.6) is 0 Å². The van der Waals surface area contributed by atoms with E-state index in [2.05, 4.69) is 0 Å². The molecule has 54 valence electrons. The topological polar surface area (TPSA) is 46.5 Å². The van der Waals surface area contributed by atoms with Gasteiger partial charge in [0, 0.05) is 65.7 Å². The number of carbonyl (C=O) groups is 1. The number of hydrogen-bond acceptors (Lipinski definition) is 2. The first-order chi connectivity index (χ1) is 4.30. The van der Waals surface area contributed by atoms with Crippen molar-refractivity contribution in [2.75, 3.05) is 6.61 Å². The first kappa shape index (κ1) is 14.9. The summed E-state index contributed by atoms with van der Waals surface area (Å²) < 4.78 is 4.94. The molecule has 0 aromatic heterocycles. The summed E-state index contributed by atoms with van der Waals surface area (Å²) in [6, 6.07) is 0. The first-order valence-corrected chi connectivity index (χ1v) is 3.15. The van der Waals surface area contributed by atoms with Crippen molar-refractivity contribution in [2.45, 2.75) is 25.4 Å². The van der Waals surface area contributed by atoms with Crippen molar-refractivity contribution in [3.05, 3.63) is 0 Å². The Morgan fingerprint density at radius 2 is 2.00 bits per heavy atom. The van der Waals surface area contributed by atoms with Crippen LogP contribution in [0, 0.1) is 0 Å². The number of carboxylic acid groups (broad SMARTS) is 1. The van der Waals surface area contributed by atoms with Gasteiger partial charge in [-0.25, -0.2) is 4.79 Å². The van der Waals surface area contributed by atoms with Gasteiger partial charge in [0.25, 0.3) is 0 Å². The maximum atomic E-state index is 10.2. The Bertz CT molecular complexity index is 112. The number of rotatable bonds is 1. The van der Waals surface area contributed by atoms with Crippen molar-refractivity contribution < 1.29 is 14.6 Å². The monoisotopic (exact) mass is 176 g/mol. The molecular weight excluding hydrogens is 166 g/mol. The third-order valence-electron chi connectivity index (χ3n) is 1.46. The van der Waals surface area contributed by atoms with E-state index >= 15 is 0 Å². The van der Waals surface area contributed by atoms with E-state index < -0.39 is 12.1 Å². The molecule has 1 N–H and O–H groups in total. The van der Waals surface area contributed by atoms with Crippen LogP contribution in [-0.4, -0.2) is 82.9 Å². The first-order valence-electron chi connectivity index (χ1n) is 3.15. The average Bonchev–Trinajstić information content (AvgIpc) is 1.90. The van der Waals surface area contributed by atoms with Crippen LogP contribution in [0.1, 0.15) is 19.3 Å². The van der Waals surface area contributed by atoms with Crippen molar-refractivity contribution in [3.63, 3.8) is 0 Å². The largest absolute Gasteiger partial charge is 0.479 e. The fraction of sp³-hybridized carbons (Fsp3) is 0.833. The zero-order chi connectivity index (χ0) is 6.69. The van der Waals surface area contributed by atoms with Gasteiger partial charge in [0.1, 0.15) is 0 Å². The van der Waals surface area contributed by atoms with Gasteiger partial charge in [-0.15, -0.1) is 0 Å². The van der Waals surface area contributed by atoms with Crippen LogP contribution in [0.3, 0.4) is 0 Å². The summed E-state index contributed by atoms with van der Waals surface area (Å²) in [5.74, 6) is -0.824. The van der Waals surface area contributed by atoms with Crippen LogP contribution in [0.15, 0.2) is 0 Å². The second kappa shape index (κ2) is 8.05. The zero-order valence-electron chi connectivity index (χ0n) is 7.17. The van der Waals surface area contributed by atoms with E-state index in [0.717, 1.165) is 12.8 Å². The molecule has 1 saturated heterocycles. The number of ether oxygens (including phenoxy) is 1. The normalized spacial score (nSPS) is 22.7. The Labute approximate surface area is 110 Å². The molecule has 11 heavy (non-hydrogen) atoms. The predicted octanol–water partition coefficient (Wildman–Crippen LogP) is -0.122. The molecule has 1 aliphatic rings. The second-order valence-electron chi connectivity index (χ2n) is 2.19. The molecule has 0 bridgehead atoms. The molecule has 1 unspecified atom stereocenters. The minimum Gasteiger partial charge on any atom is -0.479 e. The van der Waals surface area contributed by atoms with Crippen LogP contribution >= 0.6 is 0 Å². The molecular formula is C6H10Na2O3. The summed E-state index contributed by atoms with van der Waals surface area (Å²) in [5, 5.41) is 8.41. The van der Waals surface area contributed by atoms with E-state index in [0.29, 0.717) is 13.0 Å². The molecule has 1 fully saturated rings. The SMILES string of the molecule is O=C(O)C1CCCCO1.[Na].[Na]. The smallest absolute Gasteiger partial charge is 0.332 e. The molecule has 0 saturated carbocycles. The zero-order valence-corrected chi connectivity index (χ0v) is 11.2. The fourth-order valence-electron chi connectivity index (χ4n) is 0.935. The minimum absolute atomic E-state index is 0. The van der Waals surface area contributed by atoms with E-state index in [1.165, 1.54) is 0 Å². The van der Waals surface area contributed by atoms with Gasteiger partial charge in [-0.05, 0) is 19.3 Å². The van der Waals surface area contributed by atoms with E-state index in [1.807, 2.05) is 0 Å². The van der Waals surface area contributed by atoms with Crippen molar-refractivity contribution in [1.82, 2.24) is 0 Å². The van der Waals surface area contributed by atoms with Gasteiger partial charge in [0.2, 0.25) is 0 Å². The molecule has 0 aliphatic carbocycles. The van der Waals surface area contributed by atoms with Crippen LogP contribution in [0.25, 0.3) is 0 Å². The van der Waals surface area contributed by atoms with Crippen molar-refractivity contribution in [3.8, 4) is 0 Å². The fourth-order valence-corrected chi connectivity index (χ4v) is 0.935. The van der Waals surface area contributed by atoms with Gasteiger partial charge in [-0.3, -0.25) is 0 Å². The Morgan fingerprint density at radius 3 is 2.27 bits per heavy atom. The average molecular weight is 176 g/mol.